The fraction of sp³-hybridized carbons (Fsp3) is 0.0400. The van der Waals surface area contributed by atoms with E-state index in [1.165, 1.54) is 24.4 Å². The average molecular weight is 489 g/mol. The van der Waals surface area contributed by atoms with Gasteiger partial charge in [0.1, 0.15) is 17.1 Å². The van der Waals surface area contributed by atoms with Crippen LogP contribution in [0.2, 0.25) is 5.02 Å². The smallest absolute Gasteiger partial charge is 0.247 e. The highest BCUT2D eigenvalue weighted by Gasteiger charge is 2.13. The quantitative estimate of drug-likeness (QED) is 0.291. The molecule has 0 aliphatic carbocycles. The lowest BCUT2D eigenvalue weighted by Crippen LogP contribution is -2.07. The van der Waals surface area contributed by atoms with Crippen molar-refractivity contribution in [2.45, 2.75) is 6.54 Å². The summed E-state index contributed by atoms with van der Waals surface area (Å²) in [6.45, 7) is 3.80. The molecule has 174 valence electrons. The molecule has 0 aliphatic rings. The Hall–Kier alpha value is -4.50. The number of rotatable bonds is 7. The zero-order valence-corrected chi connectivity index (χ0v) is 19.0. The summed E-state index contributed by atoms with van der Waals surface area (Å²) < 4.78 is 21.2. The number of carbonyl (C=O) groups is 1. The van der Waals surface area contributed by atoms with Gasteiger partial charge in [0.15, 0.2) is 5.65 Å². The number of fused-ring (bicyclic) bond motifs is 1. The fourth-order valence-electron chi connectivity index (χ4n) is 3.57. The maximum absolute atomic E-state index is 13.7. The normalized spacial score (nSPS) is 10.9. The number of anilines is 1. The van der Waals surface area contributed by atoms with E-state index in [0.717, 1.165) is 11.1 Å². The Bertz CT molecular complexity index is 1540. The molecule has 0 bridgehead atoms. The number of H-pyrrole nitrogens is 1. The highest BCUT2D eigenvalue weighted by Crippen LogP contribution is 2.29. The van der Waals surface area contributed by atoms with Crippen LogP contribution in [0.15, 0.2) is 79.9 Å². The van der Waals surface area contributed by atoms with Gasteiger partial charge in [-0.05, 0) is 42.0 Å². The van der Waals surface area contributed by atoms with Crippen LogP contribution in [-0.2, 0) is 11.3 Å². The molecule has 8 nitrogen and oxygen atoms in total. The van der Waals surface area contributed by atoms with Crippen molar-refractivity contribution >= 4 is 34.4 Å². The van der Waals surface area contributed by atoms with Crippen molar-refractivity contribution in [2.24, 2.45) is 0 Å². The van der Waals surface area contributed by atoms with Gasteiger partial charge in [0.2, 0.25) is 11.8 Å². The van der Waals surface area contributed by atoms with Crippen molar-refractivity contribution in [1.82, 2.24) is 24.7 Å². The molecule has 3 aromatic heterocycles. The van der Waals surface area contributed by atoms with E-state index in [-0.39, 0.29) is 11.8 Å². The van der Waals surface area contributed by atoms with Crippen LogP contribution < -0.4 is 10.1 Å². The van der Waals surface area contributed by atoms with Gasteiger partial charge in [0.25, 0.3) is 0 Å². The summed E-state index contributed by atoms with van der Waals surface area (Å²) in [6, 6.07) is 11.3. The molecule has 5 aromatic rings. The van der Waals surface area contributed by atoms with Crippen LogP contribution in [0.25, 0.3) is 22.3 Å². The zero-order valence-electron chi connectivity index (χ0n) is 18.2. The molecule has 0 saturated carbocycles. The molecule has 0 spiro atoms. The molecule has 35 heavy (non-hydrogen) atoms. The SMILES string of the molecule is C=CC(=O)Nc1cccc(Oc2cnc3[nH]cc(-c4cnn(Cc5cc(F)cc(Cl)c5)c4)c3n2)c1. The minimum absolute atomic E-state index is 0.285. The first-order valence-corrected chi connectivity index (χ1v) is 10.9. The van der Waals surface area contributed by atoms with Crippen LogP contribution >= 0.6 is 11.6 Å². The first-order chi connectivity index (χ1) is 17.0. The largest absolute Gasteiger partial charge is 0.437 e. The Kier molecular flexibility index (Phi) is 5.99. The number of nitrogens with zero attached hydrogens (tertiary/aromatic N) is 4. The number of aromatic amines is 1. The monoisotopic (exact) mass is 488 g/mol. The third-order valence-electron chi connectivity index (χ3n) is 5.08. The van der Waals surface area contributed by atoms with E-state index in [0.29, 0.717) is 39.7 Å². The second-order valence-electron chi connectivity index (χ2n) is 7.64. The predicted molar refractivity (Wildman–Crippen MR) is 131 cm³/mol. The standard InChI is InChI=1S/C25H18ClFN6O2/c1-2-22(34)31-19-4-3-5-20(9-19)35-23-12-29-25-24(32-23)21(11-28-25)16-10-30-33(14-16)13-15-6-17(26)8-18(27)7-15/h2-12,14H,1,13H2,(H,28,29)(H,31,34). The van der Waals surface area contributed by atoms with E-state index >= 15 is 0 Å². The first kappa shape index (κ1) is 22.3. The van der Waals surface area contributed by atoms with Gasteiger partial charge in [0, 0.05) is 40.3 Å². The van der Waals surface area contributed by atoms with Gasteiger partial charge in [-0.15, -0.1) is 0 Å². The summed E-state index contributed by atoms with van der Waals surface area (Å²) in [4.78, 5) is 23.6. The number of carbonyl (C=O) groups excluding carboxylic acids is 1. The van der Waals surface area contributed by atoms with Crippen LogP contribution in [0.1, 0.15) is 5.56 Å². The Labute approximate surface area is 204 Å². The fourth-order valence-corrected chi connectivity index (χ4v) is 3.82. The lowest BCUT2D eigenvalue weighted by atomic mass is 10.2. The lowest BCUT2D eigenvalue weighted by Gasteiger charge is -2.07. The molecular formula is C25H18ClFN6O2. The molecule has 0 fully saturated rings. The summed E-state index contributed by atoms with van der Waals surface area (Å²) >= 11 is 5.96. The summed E-state index contributed by atoms with van der Waals surface area (Å²) in [6.07, 6.45) is 8.03. The molecule has 0 radical (unpaired) electrons. The predicted octanol–water partition coefficient (Wildman–Crippen LogP) is 5.58. The molecule has 2 aromatic carbocycles. The van der Waals surface area contributed by atoms with E-state index in [2.05, 4.69) is 31.9 Å². The number of ether oxygens (including phenoxy) is 1. The van der Waals surface area contributed by atoms with Crippen LogP contribution in [0.5, 0.6) is 11.6 Å². The lowest BCUT2D eigenvalue weighted by molar-refractivity contribution is -0.111. The van der Waals surface area contributed by atoms with E-state index in [9.17, 15) is 9.18 Å². The molecule has 2 N–H and O–H groups in total. The molecular weight excluding hydrogens is 471 g/mol. The van der Waals surface area contributed by atoms with Gasteiger partial charge < -0.3 is 15.0 Å². The molecule has 10 heteroatoms. The van der Waals surface area contributed by atoms with E-state index < -0.39 is 5.82 Å². The number of hydrogen-bond acceptors (Lipinski definition) is 5. The number of nitrogens with one attached hydrogen (secondary N) is 2. The molecule has 0 atom stereocenters. The van der Waals surface area contributed by atoms with Gasteiger partial charge >= 0.3 is 0 Å². The Morgan fingerprint density at radius 1 is 1.26 bits per heavy atom. The van der Waals surface area contributed by atoms with Gasteiger partial charge in [-0.25, -0.2) is 14.4 Å². The van der Waals surface area contributed by atoms with Crippen LogP contribution in [0.4, 0.5) is 10.1 Å². The molecule has 3 heterocycles. The molecule has 1 amide bonds. The maximum atomic E-state index is 13.7. The van der Waals surface area contributed by atoms with Crippen molar-refractivity contribution < 1.29 is 13.9 Å². The van der Waals surface area contributed by atoms with Crippen LogP contribution in [-0.4, -0.2) is 30.6 Å². The number of amides is 1. The molecule has 0 unspecified atom stereocenters. The van der Waals surface area contributed by atoms with Gasteiger partial charge in [-0.3, -0.25) is 9.48 Å². The molecule has 0 saturated heterocycles. The topological polar surface area (TPSA) is 97.7 Å². The number of hydrogen-bond donors (Lipinski definition) is 2. The second-order valence-corrected chi connectivity index (χ2v) is 8.07. The number of benzene rings is 2. The summed E-state index contributed by atoms with van der Waals surface area (Å²) in [5, 5.41) is 7.40. The number of halogens is 2. The third kappa shape index (κ3) is 5.04. The minimum atomic E-state index is -0.395. The third-order valence-corrected chi connectivity index (χ3v) is 5.30. The van der Waals surface area contributed by atoms with E-state index in [1.54, 1.807) is 47.4 Å². The summed E-state index contributed by atoms with van der Waals surface area (Å²) in [7, 11) is 0. The van der Waals surface area contributed by atoms with Crippen molar-refractivity contribution in [3.8, 4) is 22.8 Å². The first-order valence-electron chi connectivity index (χ1n) is 10.5. The van der Waals surface area contributed by atoms with Gasteiger partial charge in [-0.1, -0.05) is 24.2 Å². The summed E-state index contributed by atoms with van der Waals surface area (Å²) in [5.74, 6) is 0.0563. The van der Waals surface area contributed by atoms with Crippen molar-refractivity contribution in [3.63, 3.8) is 0 Å². The number of aromatic nitrogens is 5. The van der Waals surface area contributed by atoms with Crippen LogP contribution in [0, 0.1) is 5.82 Å². The molecule has 0 aliphatic heterocycles. The van der Waals surface area contributed by atoms with Crippen molar-refractivity contribution in [2.75, 3.05) is 5.32 Å². The van der Waals surface area contributed by atoms with E-state index in [1.807, 2.05) is 6.20 Å². The van der Waals surface area contributed by atoms with Crippen LogP contribution in [0.3, 0.4) is 0 Å². The van der Waals surface area contributed by atoms with Crippen molar-refractivity contribution in [1.29, 1.82) is 0 Å². The Morgan fingerprint density at radius 2 is 2.14 bits per heavy atom. The minimum Gasteiger partial charge on any atom is -0.437 e. The van der Waals surface area contributed by atoms with Gasteiger partial charge in [0.05, 0.1) is 18.9 Å². The van der Waals surface area contributed by atoms with Crippen molar-refractivity contribution in [3.05, 3.63) is 96.3 Å². The average Bonchev–Trinajstić information content (AvgIpc) is 3.45. The zero-order chi connectivity index (χ0) is 24.4. The molecule has 5 rings (SSSR count). The summed E-state index contributed by atoms with van der Waals surface area (Å²) in [5.41, 5.74) is 4.05. The highest BCUT2D eigenvalue weighted by molar-refractivity contribution is 6.30. The van der Waals surface area contributed by atoms with Gasteiger partial charge in [-0.2, -0.15) is 5.10 Å². The highest BCUT2D eigenvalue weighted by atomic mass is 35.5. The maximum Gasteiger partial charge on any atom is 0.247 e. The van der Waals surface area contributed by atoms with E-state index in [4.69, 9.17) is 16.3 Å². The Morgan fingerprint density at radius 3 is 2.97 bits per heavy atom. The second kappa shape index (κ2) is 9.40. The Balaban J connectivity index is 1.39.